The molecule has 0 spiro atoms. The molecule has 0 atom stereocenters. The van der Waals surface area contributed by atoms with Gasteiger partial charge in [0, 0.05) is 37.7 Å². The summed E-state index contributed by atoms with van der Waals surface area (Å²) in [4.78, 5) is 20.5. The van der Waals surface area contributed by atoms with Crippen molar-refractivity contribution in [3.63, 3.8) is 0 Å². The zero-order chi connectivity index (χ0) is 30.3. The fourth-order valence-corrected chi connectivity index (χ4v) is 5.42. The monoisotopic (exact) mass is 646 g/mol. The molecule has 0 bridgehead atoms. The third-order valence-electron chi connectivity index (χ3n) is 7.81. The number of amides is 1. The summed E-state index contributed by atoms with van der Waals surface area (Å²) in [7, 11) is 2.03. The van der Waals surface area contributed by atoms with Gasteiger partial charge in [-0.25, -0.2) is 4.98 Å². The predicted molar refractivity (Wildman–Crippen MR) is 189 cm³/mol. The van der Waals surface area contributed by atoms with Gasteiger partial charge >= 0.3 is 0 Å². The summed E-state index contributed by atoms with van der Waals surface area (Å²) >= 11 is 0. The normalized spacial score (nSPS) is 10.6. The molecule has 45 heavy (non-hydrogen) atoms. The van der Waals surface area contributed by atoms with Crippen LogP contribution in [0.25, 0.3) is 21.8 Å². The Morgan fingerprint density at radius 2 is 1.64 bits per heavy atom. The molecular formula is C34H40Cl2N8O. The van der Waals surface area contributed by atoms with Crippen molar-refractivity contribution in [2.24, 2.45) is 18.5 Å². The number of hydrogen-bond donors (Lipinski definition) is 5. The first-order chi connectivity index (χ1) is 20.8. The lowest BCUT2D eigenvalue weighted by atomic mass is 10.0. The number of aryl methyl sites for hydroxylation is 3. The fraction of sp³-hybridized carbons (Fsp3) is 0.235. The second-order valence-corrected chi connectivity index (χ2v) is 10.8. The van der Waals surface area contributed by atoms with E-state index in [4.69, 9.17) is 27.3 Å². The van der Waals surface area contributed by atoms with Crippen LogP contribution in [0.1, 0.15) is 41.8 Å². The van der Waals surface area contributed by atoms with Crippen molar-refractivity contribution in [3.05, 3.63) is 107 Å². The zero-order valence-electron chi connectivity index (χ0n) is 25.3. The molecule has 0 aliphatic rings. The third kappa shape index (κ3) is 8.53. The maximum atomic E-state index is 13.7. The van der Waals surface area contributed by atoms with Crippen LogP contribution in [0.2, 0.25) is 0 Å². The van der Waals surface area contributed by atoms with Gasteiger partial charge in [-0.15, -0.1) is 24.8 Å². The molecule has 1 amide bonds. The number of nitrogen functional groups attached to an aromatic ring is 1. The van der Waals surface area contributed by atoms with Crippen molar-refractivity contribution < 1.29 is 4.79 Å². The van der Waals surface area contributed by atoms with Crippen molar-refractivity contribution in [3.8, 4) is 0 Å². The molecule has 0 saturated carbocycles. The van der Waals surface area contributed by atoms with Gasteiger partial charge in [-0.3, -0.25) is 15.6 Å². The quantitative estimate of drug-likeness (QED) is 0.0657. The average molecular weight is 648 g/mol. The second-order valence-electron chi connectivity index (χ2n) is 10.8. The molecule has 1 heterocycles. The minimum atomic E-state index is -0.0576. The number of nitrogens with two attached hydrogens (primary N) is 2. The molecule has 1 aromatic heterocycles. The number of imidazole rings is 1. The third-order valence-corrected chi connectivity index (χ3v) is 7.81. The number of anilines is 1. The Bertz CT molecular complexity index is 1780. The summed E-state index contributed by atoms with van der Waals surface area (Å²) in [6, 6.07) is 28.3. The second kappa shape index (κ2) is 15.9. The van der Waals surface area contributed by atoms with Gasteiger partial charge in [-0.1, -0.05) is 66.7 Å². The Morgan fingerprint density at radius 3 is 2.38 bits per heavy atom. The van der Waals surface area contributed by atoms with Gasteiger partial charge in [0.05, 0.1) is 17.6 Å². The maximum absolute atomic E-state index is 13.7. The largest absolute Gasteiger partial charge is 0.384 e. The van der Waals surface area contributed by atoms with Crippen LogP contribution >= 0.6 is 24.8 Å². The van der Waals surface area contributed by atoms with E-state index in [-0.39, 0.29) is 42.5 Å². The lowest BCUT2D eigenvalue weighted by Gasteiger charge is -2.24. The number of fused-ring (bicyclic) bond motifs is 2. The summed E-state index contributed by atoms with van der Waals surface area (Å²) in [6.45, 7) is 1.02. The van der Waals surface area contributed by atoms with Crippen molar-refractivity contribution >= 4 is 70.0 Å². The number of nitrogens with zero attached hydrogens (tertiary/aromatic N) is 3. The number of hydrogen-bond acceptors (Lipinski definition) is 4. The molecule has 0 fully saturated rings. The first-order valence-electron chi connectivity index (χ1n) is 14.5. The van der Waals surface area contributed by atoms with Crippen LogP contribution in [0, 0.1) is 10.8 Å². The van der Waals surface area contributed by atoms with Gasteiger partial charge in [0.25, 0.3) is 0 Å². The SMILES string of the molecule is Cl.Cl.Cn1c(CCc2ccc(C(=N)N)cc2)nc2cc(N(Cc3cccc4ccccc34)C(=O)CCCCNC(=N)N)ccc21. The van der Waals surface area contributed by atoms with E-state index >= 15 is 0 Å². The van der Waals surface area contributed by atoms with Gasteiger partial charge < -0.3 is 26.3 Å². The van der Waals surface area contributed by atoms with Crippen LogP contribution in [-0.2, 0) is 31.2 Å². The van der Waals surface area contributed by atoms with Crippen LogP contribution in [0.15, 0.2) is 84.9 Å². The smallest absolute Gasteiger partial charge is 0.227 e. The van der Waals surface area contributed by atoms with Gasteiger partial charge in [0.2, 0.25) is 5.91 Å². The molecule has 5 aromatic rings. The summed E-state index contributed by atoms with van der Waals surface area (Å²) in [6.07, 6.45) is 3.39. The van der Waals surface area contributed by atoms with E-state index in [1.165, 1.54) is 0 Å². The number of unbranched alkanes of at least 4 members (excludes halogenated alkanes) is 1. The lowest BCUT2D eigenvalue weighted by Crippen LogP contribution is -2.32. The van der Waals surface area contributed by atoms with Crippen LogP contribution < -0.4 is 21.7 Å². The number of benzene rings is 4. The highest BCUT2D eigenvalue weighted by molar-refractivity contribution is 5.97. The van der Waals surface area contributed by atoms with Gasteiger partial charge in [0.1, 0.15) is 11.7 Å². The van der Waals surface area contributed by atoms with Gasteiger partial charge in [-0.05, 0) is 59.4 Å². The van der Waals surface area contributed by atoms with Crippen molar-refractivity contribution in [1.82, 2.24) is 14.9 Å². The standard InChI is InChI=1S/C34H38N8O.2ClH/c1-41-30-18-17-27(21-29(30)40-31(41)19-14-23-12-15-25(16-13-23)33(35)36)42(32(43)11-4-5-20-39-34(37)38)22-26-9-6-8-24-7-2-3-10-28(24)26;;/h2-3,6-10,12-13,15-18,21H,4-5,11,14,19-20,22H2,1H3,(H3,35,36)(H4,37,38,39);2*1H. The molecule has 5 rings (SSSR count). The van der Waals surface area contributed by atoms with E-state index in [0.29, 0.717) is 31.5 Å². The predicted octanol–water partition coefficient (Wildman–Crippen LogP) is 5.83. The number of carbonyl (C=O) groups excluding carboxylic acids is 1. The van der Waals surface area contributed by atoms with Gasteiger partial charge in [0.15, 0.2) is 5.96 Å². The lowest BCUT2D eigenvalue weighted by molar-refractivity contribution is -0.118. The van der Waals surface area contributed by atoms with E-state index in [2.05, 4.69) is 34.1 Å². The first kappa shape index (κ1) is 34.9. The first-order valence-corrected chi connectivity index (χ1v) is 14.5. The van der Waals surface area contributed by atoms with E-state index in [1.54, 1.807) is 0 Å². The van der Waals surface area contributed by atoms with Crippen LogP contribution in [0.5, 0.6) is 0 Å². The molecule has 0 radical (unpaired) electrons. The maximum Gasteiger partial charge on any atom is 0.227 e. The Hall–Kier alpha value is -4.60. The van der Waals surface area contributed by atoms with E-state index in [0.717, 1.165) is 63.7 Å². The Labute approximate surface area is 275 Å². The van der Waals surface area contributed by atoms with Crippen LogP contribution in [0.3, 0.4) is 0 Å². The molecule has 0 unspecified atom stereocenters. The molecule has 0 aliphatic heterocycles. The molecule has 236 valence electrons. The molecule has 4 aromatic carbocycles. The number of guanidine groups is 1. The van der Waals surface area contributed by atoms with Crippen molar-refractivity contribution in [1.29, 1.82) is 10.8 Å². The topological polar surface area (TPSA) is 150 Å². The molecule has 0 saturated heterocycles. The number of aromatic nitrogens is 2. The minimum Gasteiger partial charge on any atom is -0.384 e. The van der Waals surface area contributed by atoms with Crippen LogP contribution in [-0.4, -0.2) is 33.8 Å². The summed E-state index contributed by atoms with van der Waals surface area (Å²) in [5.74, 6) is 1.02. The number of nitrogens with one attached hydrogen (secondary N) is 3. The van der Waals surface area contributed by atoms with Gasteiger partial charge in [-0.2, -0.15) is 0 Å². The minimum absolute atomic E-state index is 0. The number of carbonyl (C=O) groups is 1. The zero-order valence-corrected chi connectivity index (χ0v) is 26.9. The highest BCUT2D eigenvalue weighted by Crippen LogP contribution is 2.28. The Balaban J connectivity index is 0.00000276. The summed E-state index contributed by atoms with van der Waals surface area (Å²) in [5.41, 5.74) is 16.6. The van der Waals surface area contributed by atoms with E-state index in [1.807, 2.05) is 72.6 Å². The fourth-order valence-electron chi connectivity index (χ4n) is 5.42. The molecule has 11 heteroatoms. The summed E-state index contributed by atoms with van der Waals surface area (Å²) in [5, 5.41) is 20.0. The number of amidine groups is 1. The van der Waals surface area contributed by atoms with Crippen LogP contribution in [0.4, 0.5) is 5.69 Å². The molecule has 9 nitrogen and oxygen atoms in total. The highest BCUT2D eigenvalue weighted by atomic mass is 35.5. The van der Waals surface area contributed by atoms with Crippen molar-refractivity contribution in [2.75, 3.05) is 11.4 Å². The number of halogens is 2. The molecule has 7 N–H and O–H groups in total. The average Bonchev–Trinajstić information content (AvgIpc) is 3.32. The van der Waals surface area contributed by atoms with E-state index < -0.39 is 0 Å². The Morgan fingerprint density at radius 1 is 0.911 bits per heavy atom. The molecular weight excluding hydrogens is 607 g/mol. The molecule has 0 aliphatic carbocycles. The number of rotatable bonds is 12. The summed E-state index contributed by atoms with van der Waals surface area (Å²) < 4.78 is 2.11. The Kier molecular flexibility index (Phi) is 12.3. The highest BCUT2D eigenvalue weighted by Gasteiger charge is 2.19. The van der Waals surface area contributed by atoms with Crippen molar-refractivity contribution in [2.45, 2.75) is 38.6 Å². The van der Waals surface area contributed by atoms with E-state index in [9.17, 15) is 4.79 Å².